The third kappa shape index (κ3) is 4.48. The summed E-state index contributed by atoms with van der Waals surface area (Å²) in [7, 11) is 0. The Balaban J connectivity index is 1.62. The Hall–Kier alpha value is -3.14. The highest BCUT2D eigenvalue weighted by Crippen LogP contribution is 2.28. The van der Waals surface area contributed by atoms with Gasteiger partial charge in [0.2, 0.25) is 5.95 Å². The number of nitrogens with one attached hydrogen (secondary N) is 1. The third-order valence-corrected chi connectivity index (χ3v) is 5.56. The standard InChI is InChI=1S/C20H20ClF2N7O/c1-12-3-2-6-29(18(12)11-26-20-24-9-13(21)10-25-20)19(31)14-7-15(22)16(23)8-17(14)30-27-4-5-28-30/h4-5,7-10,12,18H,2-3,6,11H2,1H3,(H,24,25,26)/t12-,18-/m1/s1. The lowest BCUT2D eigenvalue weighted by Crippen LogP contribution is -2.51. The molecule has 1 fully saturated rings. The van der Waals surface area contributed by atoms with Crippen LogP contribution in [0, 0.1) is 17.6 Å². The van der Waals surface area contributed by atoms with Crippen LogP contribution in [0.2, 0.25) is 5.02 Å². The average molecular weight is 448 g/mol. The molecule has 0 unspecified atom stereocenters. The molecule has 3 heterocycles. The Morgan fingerprint density at radius 3 is 2.58 bits per heavy atom. The van der Waals surface area contributed by atoms with Crippen molar-refractivity contribution in [2.24, 2.45) is 5.92 Å². The van der Waals surface area contributed by atoms with Gasteiger partial charge < -0.3 is 10.2 Å². The van der Waals surface area contributed by atoms with Gasteiger partial charge in [-0.05, 0) is 24.8 Å². The van der Waals surface area contributed by atoms with Crippen LogP contribution in [0.4, 0.5) is 14.7 Å². The van der Waals surface area contributed by atoms with Gasteiger partial charge in [-0.3, -0.25) is 4.79 Å². The molecule has 1 aliphatic heterocycles. The number of aromatic nitrogens is 5. The minimum Gasteiger partial charge on any atom is -0.352 e. The van der Waals surface area contributed by atoms with Gasteiger partial charge in [0.05, 0.1) is 41.4 Å². The fourth-order valence-corrected chi connectivity index (χ4v) is 3.88. The number of carbonyl (C=O) groups is 1. The van der Waals surface area contributed by atoms with Crippen LogP contribution in [0.1, 0.15) is 30.1 Å². The Bertz CT molecular complexity index is 1060. The molecule has 1 N–H and O–H groups in total. The molecular weight excluding hydrogens is 428 g/mol. The van der Waals surface area contributed by atoms with E-state index in [4.69, 9.17) is 11.6 Å². The zero-order valence-corrected chi connectivity index (χ0v) is 17.4. The van der Waals surface area contributed by atoms with Gasteiger partial charge >= 0.3 is 0 Å². The largest absolute Gasteiger partial charge is 0.352 e. The summed E-state index contributed by atoms with van der Waals surface area (Å²) in [5, 5.41) is 11.5. The van der Waals surface area contributed by atoms with Crippen LogP contribution in [0.3, 0.4) is 0 Å². The number of amides is 1. The average Bonchev–Trinajstić information content (AvgIpc) is 3.30. The topological polar surface area (TPSA) is 88.8 Å². The minimum absolute atomic E-state index is 0.00283. The van der Waals surface area contributed by atoms with E-state index < -0.39 is 17.5 Å². The zero-order chi connectivity index (χ0) is 22.0. The minimum atomic E-state index is -1.10. The first-order chi connectivity index (χ1) is 14.9. The molecule has 0 aliphatic carbocycles. The number of anilines is 1. The van der Waals surface area contributed by atoms with E-state index in [2.05, 4.69) is 32.4 Å². The van der Waals surface area contributed by atoms with Crippen molar-refractivity contribution in [1.29, 1.82) is 0 Å². The van der Waals surface area contributed by atoms with Crippen LogP contribution in [0.5, 0.6) is 0 Å². The molecule has 1 aromatic carbocycles. The lowest BCUT2D eigenvalue weighted by molar-refractivity contribution is 0.0539. The normalized spacial score (nSPS) is 18.8. The van der Waals surface area contributed by atoms with Gasteiger partial charge in [0.15, 0.2) is 11.6 Å². The summed E-state index contributed by atoms with van der Waals surface area (Å²) in [6.07, 6.45) is 7.50. The van der Waals surface area contributed by atoms with Crippen LogP contribution in [-0.4, -0.2) is 54.9 Å². The SMILES string of the molecule is C[C@@H]1CCCN(C(=O)c2cc(F)c(F)cc2-n2nccn2)[C@@H]1CNc1ncc(Cl)cn1. The van der Waals surface area contributed by atoms with Crippen molar-refractivity contribution in [3.8, 4) is 5.69 Å². The Morgan fingerprint density at radius 2 is 1.87 bits per heavy atom. The highest BCUT2D eigenvalue weighted by atomic mass is 35.5. The van der Waals surface area contributed by atoms with Crippen LogP contribution >= 0.6 is 11.6 Å². The fraction of sp³-hybridized carbons (Fsp3) is 0.350. The second kappa shape index (κ2) is 8.93. The molecule has 0 saturated carbocycles. The molecule has 31 heavy (non-hydrogen) atoms. The van der Waals surface area contributed by atoms with E-state index in [-0.39, 0.29) is 23.2 Å². The van der Waals surface area contributed by atoms with Crippen molar-refractivity contribution < 1.29 is 13.6 Å². The highest BCUT2D eigenvalue weighted by Gasteiger charge is 2.34. The molecule has 2 aromatic heterocycles. The van der Waals surface area contributed by atoms with Crippen LogP contribution in [0.15, 0.2) is 36.9 Å². The molecule has 0 radical (unpaired) electrons. The molecule has 8 nitrogen and oxygen atoms in total. The van der Waals surface area contributed by atoms with Crippen molar-refractivity contribution in [3.63, 3.8) is 0 Å². The summed E-state index contributed by atoms with van der Waals surface area (Å²) in [4.78, 5) is 24.5. The van der Waals surface area contributed by atoms with E-state index in [0.29, 0.717) is 24.1 Å². The number of rotatable bonds is 5. The Labute approximate surface area is 182 Å². The number of carbonyl (C=O) groups excluding carboxylic acids is 1. The number of hydrogen-bond acceptors (Lipinski definition) is 6. The van der Waals surface area contributed by atoms with Crippen molar-refractivity contribution >= 4 is 23.5 Å². The highest BCUT2D eigenvalue weighted by molar-refractivity contribution is 6.30. The molecular formula is C20H20ClF2N7O. The number of nitrogens with zero attached hydrogens (tertiary/aromatic N) is 6. The molecule has 0 bridgehead atoms. The predicted molar refractivity (Wildman–Crippen MR) is 110 cm³/mol. The molecule has 1 saturated heterocycles. The quantitative estimate of drug-likeness (QED) is 0.645. The zero-order valence-electron chi connectivity index (χ0n) is 16.7. The summed E-state index contributed by atoms with van der Waals surface area (Å²) in [6, 6.07) is 1.64. The molecule has 4 rings (SSSR count). The second-order valence-corrected chi connectivity index (χ2v) is 7.83. The summed E-state index contributed by atoms with van der Waals surface area (Å²) in [5.74, 6) is -2.03. The van der Waals surface area contributed by atoms with E-state index in [1.165, 1.54) is 24.8 Å². The second-order valence-electron chi connectivity index (χ2n) is 7.39. The van der Waals surface area contributed by atoms with Gasteiger partial charge in [-0.15, -0.1) is 0 Å². The predicted octanol–water partition coefficient (Wildman–Crippen LogP) is 3.34. The van der Waals surface area contributed by atoms with Crippen LogP contribution in [-0.2, 0) is 0 Å². The molecule has 1 amide bonds. The maximum Gasteiger partial charge on any atom is 0.256 e. The monoisotopic (exact) mass is 447 g/mol. The maximum atomic E-state index is 14.1. The first kappa shape index (κ1) is 21.1. The van der Waals surface area contributed by atoms with E-state index >= 15 is 0 Å². The molecule has 3 aromatic rings. The molecule has 0 spiro atoms. The number of likely N-dealkylation sites (tertiary alicyclic amines) is 1. The number of halogens is 3. The summed E-state index contributed by atoms with van der Waals surface area (Å²) in [6.45, 7) is 2.94. The van der Waals surface area contributed by atoms with Crippen molar-refractivity contribution in [2.75, 3.05) is 18.4 Å². The Morgan fingerprint density at radius 1 is 1.19 bits per heavy atom. The van der Waals surface area contributed by atoms with Gasteiger partial charge in [0.25, 0.3) is 5.91 Å². The van der Waals surface area contributed by atoms with Crippen molar-refractivity contribution in [2.45, 2.75) is 25.8 Å². The van der Waals surface area contributed by atoms with Gasteiger partial charge in [-0.1, -0.05) is 18.5 Å². The summed E-state index contributed by atoms with van der Waals surface area (Å²) in [5.41, 5.74) is 0.0804. The van der Waals surface area contributed by atoms with Gasteiger partial charge in [-0.2, -0.15) is 15.0 Å². The van der Waals surface area contributed by atoms with Gasteiger partial charge in [0, 0.05) is 19.2 Å². The molecule has 11 heteroatoms. The maximum absolute atomic E-state index is 14.1. The third-order valence-electron chi connectivity index (χ3n) is 5.37. The van der Waals surface area contributed by atoms with E-state index in [9.17, 15) is 13.6 Å². The number of piperidine rings is 1. The van der Waals surface area contributed by atoms with Gasteiger partial charge in [-0.25, -0.2) is 18.7 Å². The lowest BCUT2D eigenvalue weighted by Gasteiger charge is -2.40. The smallest absolute Gasteiger partial charge is 0.256 e. The number of hydrogen-bond donors (Lipinski definition) is 1. The van der Waals surface area contributed by atoms with E-state index in [1.807, 2.05) is 0 Å². The summed E-state index contributed by atoms with van der Waals surface area (Å²) < 4.78 is 28.0. The Kier molecular flexibility index (Phi) is 6.08. The molecule has 1 aliphatic rings. The van der Waals surface area contributed by atoms with E-state index in [0.717, 1.165) is 29.8 Å². The van der Waals surface area contributed by atoms with E-state index in [1.54, 1.807) is 4.90 Å². The van der Waals surface area contributed by atoms with Crippen molar-refractivity contribution in [3.05, 3.63) is 59.1 Å². The first-order valence-corrected chi connectivity index (χ1v) is 10.2. The lowest BCUT2D eigenvalue weighted by atomic mass is 9.90. The molecule has 162 valence electrons. The van der Waals surface area contributed by atoms with Crippen LogP contribution in [0.25, 0.3) is 5.69 Å². The summed E-state index contributed by atoms with van der Waals surface area (Å²) >= 11 is 5.82. The first-order valence-electron chi connectivity index (χ1n) is 9.82. The van der Waals surface area contributed by atoms with Gasteiger partial charge in [0.1, 0.15) is 5.69 Å². The van der Waals surface area contributed by atoms with Crippen molar-refractivity contribution in [1.82, 2.24) is 29.9 Å². The molecule has 2 atom stereocenters. The fourth-order valence-electron chi connectivity index (χ4n) is 3.78. The number of benzene rings is 1. The van der Waals surface area contributed by atoms with Crippen LogP contribution < -0.4 is 5.32 Å².